The minimum absolute atomic E-state index is 0.0202. The summed E-state index contributed by atoms with van der Waals surface area (Å²) in [6, 6.07) is 3.96. The summed E-state index contributed by atoms with van der Waals surface area (Å²) in [6.07, 6.45) is 1.26. The van der Waals surface area contributed by atoms with Crippen LogP contribution in [0.15, 0.2) is 22.7 Å². The monoisotopic (exact) mass is 309 g/mol. The number of nitrogens with zero attached hydrogens (tertiary/aromatic N) is 1. The van der Waals surface area contributed by atoms with Crippen molar-refractivity contribution >= 4 is 23.1 Å². The molecule has 1 aliphatic rings. The van der Waals surface area contributed by atoms with Crippen LogP contribution in [0.5, 0.6) is 0 Å². The maximum Gasteiger partial charge on any atom is 0.234 e. The summed E-state index contributed by atoms with van der Waals surface area (Å²) in [5, 5.41) is 17.2. The van der Waals surface area contributed by atoms with Crippen LogP contribution < -0.4 is 11.1 Å². The zero-order chi connectivity index (χ0) is 15.6. The SMILES string of the molecule is CC1CC(C(=O)NC(c2cccs2)C(C)C)(/C(N)=N/O)C1. The van der Waals surface area contributed by atoms with Crippen LogP contribution in [0.3, 0.4) is 0 Å². The summed E-state index contributed by atoms with van der Waals surface area (Å²) >= 11 is 1.63. The van der Waals surface area contributed by atoms with Gasteiger partial charge in [0, 0.05) is 4.88 Å². The Morgan fingerprint density at radius 1 is 1.57 bits per heavy atom. The Balaban J connectivity index is 2.18. The normalized spacial score (nSPS) is 27.2. The number of nitrogens with one attached hydrogen (secondary N) is 1. The van der Waals surface area contributed by atoms with Gasteiger partial charge in [0.1, 0.15) is 5.41 Å². The first-order chi connectivity index (χ1) is 9.90. The molecule has 0 aliphatic heterocycles. The van der Waals surface area contributed by atoms with Gasteiger partial charge in [-0.2, -0.15) is 0 Å². The Bertz CT molecular complexity index is 519. The van der Waals surface area contributed by atoms with Gasteiger partial charge in [-0.05, 0) is 36.1 Å². The van der Waals surface area contributed by atoms with Gasteiger partial charge in [-0.15, -0.1) is 11.3 Å². The summed E-state index contributed by atoms with van der Waals surface area (Å²) in [5.74, 6) is 0.569. The van der Waals surface area contributed by atoms with Crippen LogP contribution in [0.4, 0.5) is 0 Å². The fraction of sp³-hybridized carbons (Fsp3) is 0.600. The molecule has 1 atom stereocenters. The molecule has 0 radical (unpaired) electrons. The highest BCUT2D eigenvalue weighted by Crippen LogP contribution is 2.46. The number of hydrogen-bond acceptors (Lipinski definition) is 4. The molecule has 0 aromatic carbocycles. The van der Waals surface area contributed by atoms with E-state index in [1.54, 1.807) is 11.3 Å². The van der Waals surface area contributed by atoms with E-state index in [-0.39, 0.29) is 23.7 Å². The van der Waals surface area contributed by atoms with Crippen molar-refractivity contribution in [2.75, 3.05) is 0 Å². The number of carbonyl (C=O) groups excluding carboxylic acids is 1. The lowest BCUT2D eigenvalue weighted by Gasteiger charge is -2.44. The molecule has 1 unspecified atom stereocenters. The van der Waals surface area contributed by atoms with Crippen molar-refractivity contribution in [2.24, 2.45) is 28.1 Å². The second-order valence-corrected chi connectivity index (χ2v) is 7.27. The standard InChI is InChI=1S/C15H23N3O2S/c1-9(2)12(11-5-4-6-21-11)17-14(19)15(13(16)18-20)7-10(3)8-15/h4-6,9-10,12,20H,7-8H2,1-3H3,(H2,16,18)(H,17,19). The number of amides is 1. The van der Waals surface area contributed by atoms with Crippen LogP contribution in [0, 0.1) is 17.3 Å². The van der Waals surface area contributed by atoms with E-state index in [0.717, 1.165) is 4.88 Å². The van der Waals surface area contributed by atoms with E-state index in [0.29, 0.717) is 18.8 Å². The van der Waals surface area contributed by atoms with Crippen molar-refractivity contribution in [3.05, 3.63) is 22.4 Å². The van der Waals surface area contributed by atoms with Crippen molar-refractivity contribution in [3.63, 3.8) is 0 Å². The van der Waals surface area contributed by atoms with Crippen molar-refractivity contribution in [1.82, 2.24) is 5.32 Å². The predicted molar refractivity (Wildman–Crippen MR) is 84.3 cm³/mol. The molecule has 1 aliphatic carbocycles. The molecule has 1 aromatic rings. The summed E-state index contributed by atoms with van der Waals surface area (Å²) in [6.45, 7) is 6.21. The lowest BCUT2D eigenvalue weighted by Crippen LogP contribution is -2.57. The average molecular weight is 309 g/mol. The van der Waals surface area contributed by atoms with Crippen molar-refractivity contribution in [2.45, 2.75) is 39.7 Å². The summed E-state index contributed by atoms with van der Waals surface area (Å²) in [4.78, 5) is 13.9. The minimum Gasteiger partial charge on any atom is -0.409 e. The summed E-state index contributed by atoms with van der Waals surface area (Å²) in [5.41, 5.74) is 4.94. The molecule has 0 spiro atoms. The molecule has 1 heterocycles. The van der Waals surface area contributed by atoms with E-state index in [9.17, 15) is 4.79 Å². The smallest absolute Gasteiger partial charge is 0.234 e. The lowest BCUT2D eigenvalue weighted by molar-refractivity contribution is -0.134. The molecule has 0 bridgehead atoms. The van der Waals surface area contributed by atoms with Crippen molar-refractivity contribution in [3.8, 4) is 0 Å². The van der Waals surface area contributed by atoms with Crippen LogP contribution in [0.25, 0.3) is 0 Å². The number of amidine groups is 1. The Morgan fingerprint density at radius 2 is 2.24 bits per heavy atom. The highest BCUT2D eigenvalue weighted by Gasteiger charge is 2.52. The van der Waals surface area contributed by atoms with Gasteiger partial charge in [0.25, 0.3) is 0 Å². The quantitative estimate of drug-likeness (QED) is 0.338. The molecule has 1 fully saturated rings. The molecular formula is C15H23N3O2S. The maximum atomic E-state index is 12.7. The molecule has 1 saturated carbocycles. The van der Waals surface area contributed by atoms with Crippen molar-refractivity contribution in [1.29, 1.82) is 0 Å². The Morgan fingerprint density at radius 3 is 2.67 bits per heavy atom. The summed E-state index contributed by atoms with van der Waals surface area (Å²) < 4.78 is 0. The van der Waals surface area contributed by atoms with Gasteiger partial charge in [-0.1, -0.05) is 32.0 Å². The number of nitrogens with two attached hydrogens (primary N) is 1. The van der Waals surface area contributed by atoms with Gasteiger partial charge in [0.15, 0.2) is 5.84 Å². The van der Waals surface area contributed by atoms with Crippen LogP contribution in [-0.4, -0.2) is 17.0 Å². The highest BCUT2D eigenvalue weighted by molar-refractivity contribution is 7.10. The Kier molecular flexibility index (Phi) is 4.56. The van der Waals surface area contributed by atoms with Crippen LogP contribution >= 0.6 is 11.3 Å². The van der Waals surface area contributed by atoms with E-state index >= 15 is 0 Å². The molecule has 1 amide bonds. The topological polar surface area (TPSA) is 87.7 Å². The maximum absolute atomic E-state index is 12.7. The van der Waals surface area contributed by atoms with Gasteiger partial charge in [-0.25, -0.2) is 0 Å². The first-order valence-corrected chi connectivity index (χ1v) is 8.11. The lowest BCUT2D eigenvalue weighted by atomic mass is 9.61. The molecular weight excluding hydrogens is 286 g/mol. The Labute approximate surface area is 129 Å². The van der Waals surface area contributed by atoms with Crippen LogP contribution in [0.1, 0.15) is 44.5 Å². The van der Waals surface area contributed by atoms with Gasteiger partial charge in [0.05, 0.1) is 6.04 Å². The van der Waals surface area contributed by atoms with Gasteiger partial charge >= 0.3 is 0 Å². The minimum atomic E-state index is -0.849. The molecule has 2 rings (SSSR count). The third-order valence-corrected chi connectivity index (χ3v) is 5.18. The predicted octanol–water partition coefficient (Wildman–Crippen LogP) is 2.72. The Hall–Kier alpha value is -1.56. The number of carbonyl (C=O) groups is 1. The van der Waals surface area contributed by atoms with E-state index in [2.05, 4.69) is 31.2 Å². The zero-order valence-corrected chi connectivity index (χ0v) is 13.5. The fourth-order valence-electron chi connectivity index (χ4n) is 3.05. The first kappa shape index (κ1) is 15.8. The number of oxime groups is 1. The highest BCUT2D eigenvalue weighted by atomic mass is 32.1. The molecule has 6 heteroatoms. The van der Waals surface area contributed by atoms with E-state index in [1.165, 1.54) is 0 Å². The first-order valence-electron chi connectivity index (χ1n) is 7.23. The fourth-order valence-corrected chi connectivity index (χ4v) is 4.00. The van der Waals surface area contributed by atoms with E-state index in [4.69, 9.17) is 10.9 Å². The van der Waals surface area contributed by atoms with Gasteiger partial charge in [-0.3, -0.25) is 4.79 Å². The van der Waals surface area contributed by atoms with Crippen LogP contribution in [0.2, 0.25) is 0 Å². The number of thiophene rings is 1. The molecule has 21 heavy (non-hydrogen) atoms. The number of hydrogen-bond donors (Lipinski definition) is 3. The van der Waals surface area contributed by atoms with Crippen molar-refractivity contribution < 1.29 is 10.0 Å². The third kappa shape index (κ3) is 2.90. The van der Waals surface area contributed by atoms with Crippen LogP contribution in [-0.2, 0) is 4.79 Å². The molecule has 4 N–H and O–H groups in total. The van der Waals surface area contributed by atoms with Gasteiger partial charge in [0.2, 0.25) is 5.91 Å². The van der Waals surface area contributed by atoms with E-state index in [1.807, 2.05) is 17.5 Å². The second kappa shape index (κ2) is 6.05. The molecule has 1 aromatic heterocycles. The largest absolute Gasteiger partial charge is 0.409 e. The second-order valence-electron chi connectivity index (χ2n) is 6.29. The zero-order valence-electron chi connectivity index (χ0n) is 12.7. The molecule has 0 saturated heterocycles. The van der Waals surface area contributed by atoms with Gasteiger partial charge < -0.3 is 16.3 Å². The average Bonchev–Trinajstić information content (AvgIpc) is 2.93. The third-order valence-electron chi connectivity index (χ3n) is 4.23. The summed E-state index contributed by atoms with van der Waals surface area (Å²) in [7, 11) is 0. The van der Waals surface area contributed by atoms with E-state index < -0.39 is 5.41 Å². The molecule has 116 valence electrons. The molecule has 5 nitrogen and oxygen atoms in total. The number of rotatable bonds is 5.